The van der Waals surface area contributed by atoms with E-state index in [0.29, 0.717) is 12.0 Å². The number of hydrogen-bond donors (Lipinski definition) is 0. The molecule has 0 aliphatic heterocycles. The second kappa shape index (κ2) is 5.18. The molecule has 2 unspecified atom stereocenters. The van der Waals surface area contributed by atoms with Crippen LogP contribution in [0.1, 0.15) is 39.0 Å². The molecule has 0 saturated heterocycles. The van der Waals surface area contributed by atoms with Crippen LogP contribution in [0.2, 0.25) is 0 Å². The third kappa shape index (κ3) is 2.37. The second-order valence-corrected chi connectivity index (χ2v) is 4.17. The van der Waals surface area contributed by atoms with Crippen LogP contribution in [0.4, 0.5) is 0 Å². The van der Waals surface area contributed by atoms with E-state index in [0.717, 1.165) is 6.42 Å². The van der Waals surface area contributed by atoms with Gasteiger partial charge in [-0.3, -0.25) is 4.79 Å². The summed E-state index contributed by atoms with van der Waals surface area (Å²) in [7, 11) is 1.91. The zero-order chi connectivity index (χ0) is 10.6. The lowest BCUT2D eigenvalue weighted by molar-refractivity contribution is -0.128. The summed E-state index contributed by atoms with van der Waals surface area (Å²) in [5.41, 5.74) is 0. The summed E-state index contributed by atoms with van der Waals surface area (Å²) in [6.45, 7) is 5.75. The zero-order valence-corrected chi connectivity index (χ0v) is 9.33. The molecule has 0 aromatic heterocycles. The lowest BCUT2D eigenvalue weighted by atomic mass is 9.82. The largest absolute Gasteiger partial charge is 0.339 e. The molecule has 0 N–H and O–H groups in total. The highest BCUT2D eigenvalue weighted by atomic mass is 16.2. The van der Waals surface area contributed by atoms with E-state index in [1.165, 1.54) is 31.8 Å². The number of carbonyl (C=O) groups excluding carboxylic acids is 1. The van der Waals surface area contributed by atoms with E-state index in [2.05, 4.69) is 13.5 Å². The van der Waals surface area contributed by atoms with Gasteiger partial charge < -0.3 is 4.90 Å². The molecule has 0 spiro atoms. The van der Waals surface area contributed by atoms with Crippen LogP contribution in [0.3, 0.4) is 0 Å². The quantitative estimate of drug-likeness (QED) is 0.634. The molecule has 1 rings (SSSR count). The SMILES string of the molecule is C=CC(=O)N(C)C1CCCCC1CC. The molecule has 0 bridgehead atoms. The molecule has 2 nitrogen and oxygen atoms in total. The molecule has 2 atom stereocenters. The minimum Gasteiger partial charge on any atom is -0.339 e. The van der Waals surface area contributed by atoms with Crippen molar-refractivity contribution >= 4 is 5.91 Å². The van der Waals surface area contributed by atoms with E-state index in [4.69, 9.17) is 0 Å². The fraction of sp³-hybridized carbons (Fsp3) is 0.750. The highest BCUT2D eigenvalue weighted by molar-refractivity contribution is 5.87. The van der Waals surface area contributed by atoms with Gasteiger partial charge in [0.2, 0.25) is 5.91 Å². The summed E-state index contributed by atoms with van der Waals surface area (Å²) in [6, 6.07) is 0.444. The van der Waals surface area contributed by atoms with Gasteiger partial charge >= 0.3 is 0 Å². The fourth-order valence-corrected chi connectivity index (χ4v) is 2.48. The number of hydrogen-bond acceptors (Lipinski definition) is 1. The summed E-state index contributed by atoms with van der Waals surface area (Å²) in [5.74, 6) is 0.757. The number of carbonyl (C=O) groups is 1. The Bertz CT molecular complexity index is 212. The first-order chi connectivity index (χ1) is 6.70. The lowest BCUT2D eigenvalue weighted by Gasteiger charge is -2.37. The fourth-order valence-electron chi connectivity index (χ4n) is 2.48. The first-order valence-electron chi connectivity index (χ1n) is 5.60. The van der Waals surface area contributed by atoms with Crippen LogP contribution in [0.25, 0.3) is 0 Å². The minimum absolute atomic E-state index is 0.0651. The second-order valence-electron chi connectivity index (χ2n) is 4.17. The van der Waals surface area contributed by atoms with Crippen molar-refractivity contribution in [3.05, 3.63) is 12.7 Å². The maximum atomic E-state index is 11.5. The Balaban J connectivity index is 2.62. The predicted octanol–water partition coefficient (Wildman–Crippen LogP) is 2.60. The van der Waals surface area contributed by atoms with E-state index in [1.807, 2.05) is 11.9 Å². The van der Waals surface area contributed by atoms with Crippen molar-refractivity contribution in [2.75, 3.05) is 7.05 Å². The zero-order valence-electron chi connectivity index (χ0n) is 9.33. The van der Waals surface area contributed by atoms with Crippen LogP contribution in [0, 0.1) is 5.92 Å². The van der Waals surface area contributed by atoms with Gasteiger partial charge in [0.15, 0.2) is 0 Å². The summed E-state index contributed by atoms with van der Waals surface area (Å²) in [6.07, 6.45) is 7.62. The minimum atomic E-state index is 0.0651. The van der Waals surface area contributed by atoms with E-state index >= 15 is 0 Å². The molecular formula is C12H21NO. The Labute approximate surface area is 87.0 Å². The van der Waals surface area contributed by atoms with Crippen LogP contribution in [0.15, 0.2) is 12.7 Å². The van der Waals surface area contributed by atoms with Gasteiger partial charge in [-0.2, -0.15) is 0 Å². The van der Waals surface area contributed by atoms with E-state index in [1.54, 1.807) is 0 Å². The van der Waals surface area contributed by atoms with Crippen molar-refractivity contribution < 1.29 is 4.79 Å². The smallest absolute Gasteiger partial charge is 0.245 e. The molecule has 1 amide bonds. The summed E-state index contributed by atoms with van der Waals surface area (Å²) in [5, 5.41) is 0. The first kappa shape index (κ1) is 11.3. The Kier molecular flexibility index (Phi) is 4.18. The maximum absolute atomic E-state index is 11.5. The molecule has 1 fully saturated rings. The van der Waals surface area contributed by atoms with E-state index < -0.39 is 0 Å². The van der Waals surface area contributed by atoms with Gasteiger partial charge in [-0.1, -0.05) is 32.8 Å². The molecule has 0 heterocycles. The first-order valence-corrected chi connectivity index (χ1v) is 5.60. The van der Waals surface area contributed by atoms with Crippen LogP contribution in [0.5, 0.6) is 0 Å². The predicted molar refractivity (Wildman–Crippen MR) is 59.0 cm³/mol. The molecule has 0 aromatic carbocycles. The highest BCUT2D eigenvalue weighted by Crippen LogP contribution is 2.30. The molecule has 1 saturated carbocycles. The molecule has 2 heteroatoms. The van der Waals surface area contributed by atoms with Gasteiger partial charge in [0.25, 0.3) is 0 Å². The van der Waals surface area contributed by atoms with Crippen molar-refractivity contribution in [2.24, 2.45) is 5.92 Å². The molecule has 14 heavy (non-hydrogen) atoms. The molecule has 1 aliphatic carbocycles. The number of amides is 1. The van der Waals surface area contributed by atoms with Crippen molar-refractivity contribution in [1.82, 2.24) is 4.90 Å². The monoisotopic (exact) mass is 195 g/mol. The summed E-state index contributed by atoms with van der Waals surface area (Å²) in [4.78, 5) is 13.4. The van der Waals surface area contributed by atoms with Crippen LogP contribution in [-0.4, -0.2) is 23.9 Å². The van der Waals surface area contributed by atoms with Crippen LogP contribution >= 0.6 is 0 Å². The Morgan fingerprint density at radius 3 is 2.71 bits per heavy atom. The third-order valence-corrected chi connectivity index (χ3v) is 3.41. The average Bonchev–Trinajstić information content (AvgIpc) is 2.26. The molecule has 0 aromatic rings. The van der Waals surface area contributed by atoms with Crippen molar-refractivity contribution in [1.29, 1.82) is 0 Å². The van der Waals surface area contributed by atoms with Gasteiger partial charge in [-0.15, -0.1) is 0 Å². The standard InChI is InChI=1S/C12H21NO/c1-4-10-8-6-7-9-11(10)13(3)12(14)5-2/h5,10-11H,2,4,6-9H2,1,3H3. The Morgan fingerprint density at radius 1 is 1.50 bits per heavy atom. The van der Waals surface area contributed by atoms with Crippen LogP contribution in [-0.2, 0) is 4.79 Å². The van der Waals surface area contributed by atoms with Gasteiger partial charge in [-0.25, -0.2) is 0 Å². The summed E-state index contributed by atoms with van der Waals surface area (Å²) >= 11 is 0. The highest BCUT2D eigenvalue weighted by Gasteiger charge is 2.28. The summed E-state index contributed by atoms with van der Waals surface area (Å²) < 4.78 is 0. The third-order valence-electron chi connectivity index (χ3n) is 3.41. The maximum Gasteiger partial charge on any atom is 0.245 e. The normalized spacial score (nSPS) is 27.0. The van der Waals surface area contributed by atoms with Crippen molar-refractivity contribution in [3.8, 4) is 0 Å². The van der Waals surface area contributed by atoms with Gasteiger partial charge in [0.05, 0.1) is 0 Å². The van der Waals surface area contributed by atoms with Crippen LogP contribution < -0.4 is 0 Å². The van der Waals surface area contributed by atoms with E-state index in [-0.39, 0.29) is 5.91 Å². The van der Waals surface area contributed by atoms with Gasteiger partial charge in [-0.05, 0) is 24.8 Å². The molecular weight excluding hydrogens is 174 g/mol. The van der Waals surface area contributed by atoms with Crippen molar-refractivity contribution in [2.45, 2.75) is 45.1 Å². The topological polar surface area (TPSA) is 20.3 Å². The number of likely N-dealkylation sites (N-methyl/N-ethyl adjacent to an activating group) is 1. The lowest BCUT2D eigenvalue weighted by Crippen LogP contribution is -2.42. The van der Waals surface area contributed by atoms with Crippen molar-refractivity contribution in [3.63, 3.8) is 0 Å². The van der Waals surface area contributed by atoms with Gasteiger partial charge in [0.1, 0.15) is 0 Å². The molecule has 0 radical (unpaired) electrons. The number of rotatable bonds is 3. The van der Waals surface area contributed by atoms with E-state index in [9.17, 15) is 4.79 Å². The molecule has 1 aliphatic rings. The number of nitrogens with zero attached hydrogens (tertiary/aromatic N) is 1. The molecule has 80 valence electrons. The Morgan fingerprint density at radius 2 is 2.14 bits per heavy atom. The Hall–Kier alpha value is -0.790. The average molecular weight is 195 g/mol. The van der Waals surface area contributed by atoms with Gasteiger partial charge in [0, 0.05) is 13.1 Å².